The molecule has 3 nitrogen and oxygen atoms in total. The highest BCUT2D eigenvalue weighted by atomic mass is 32.2. The van der Waals surface area contributed by atoms with Crippen molar-refractivity contribution in [2.75, 3.05) is 25.0 Å². The molecule has 0 aromatic heterocycles. The second-order valence-corrected chi connectivity index (χ2v) is 8.04. The molecular formula is C12H20O3PS+. The molecule has 17 heavy (non-hydrogen) atoms. The van der Waals surface area contributed by atoms with Crippen molar-refractivity contribution in [3.05, 3.63) is 30.3 Å². The Morgan fingerprint density at radius 2 is 1.65 bits per heavy atom. The number of benzene rings is 1. The summed E-state index contributed by atoms with van der Waals surface area (Å²) in [6, 6.07) is 10.1. The van der Waals surface area contributed by atoms with Crippen LogP contribution in [0.5, 0.6) is 0 Å². The summed E-state index contributed by atoms with van der Waals surface area (Å²) in [4.78, 5) is 1.19. The maximum absolute atomic E-state index is 12.4. The van der Waals surface area contributed by atoms with Gasteiger partial charge in [0.15, 0.2) is 4.90 Å². The molecule has 0 aliphatic rings. The Morgan fingerprint density at radius 1 is 1.12 bits per heavy atom. The van der Waals surface area contributed by atoms with Gasteiger partial charge < -0.3 is 9.05 Å². The van der Waals surface area contributed by atoms with Gasteiger partial charge in [-0.15, -0.1) is 0 Å². The molecule has 0 bridgehead atoms. The Morgan fingerprint density at radius 3 is 2.12 bits per heavy atom. The Kier molecular flexibility index (Phi) is 6.28. The van der Waals surface area contributed by atoms with Gasteiger partial charge in [-0.2, -0.15) is 0 Å². The minimum atomic E-state index is -2.93. The van der Waals surface area contributed by atoms with E-state index in [2.05, 4.69) is 6.26 Å². The molecular weight excluding hydrogens is 255 g/mol. The summed E-state index contributed by atoms with van der Waals surface area (Å²) in [5.74, 6) is 0. The van der Waals surface area contributed by atoms with E-state index in [9.17, 15) is 4.57 Å². The molecule has 1 aromatic rings. The maximum atomic E-state index is 12.4. The summed E-state index contributed by atoms with van der Waals surface area (Å²) < 4.78 is 23.0. The van der Waals surface area contributed by atoms with Gasteiger partial charge in [-0.25, -0.2) is 0 Å². The molecule has 1 unspecified atom stereocenters. The Bertz CT molecular complexity index is 359. The molecule has 0 aliphatic heterocycles. The van der Waals surface area contributed by atoms with Crippen molar-refractivity contribution >= 4 is 18.5 Å². The molecule has 0 saturated carbocycles. The monoisotopic (exact) mass is 275 g/mol. The summed E-state index contributed by atoms with van der Waals surface area (Å²) in [5, 5.41) is 0. The van der Waals surface area contributed by atoms with Gasteiger partial charge in [0.05, 0.1) is 13.2 Å². The fourth-order valence-electron chi connectivity index (χ4n) is 1.47. The molecule has 1 aromatic carbocycles. The van der Waals surface area contributed by atoms with E-state index in [0.29, 0.717) is 18.7 Å². The second kappa shape index (κ2) is 7.22. The fraction of sp³-hybridized carbons (Fsp3) is 0.500. The van der Waals surface area contributed by atoms with Crippen molar-refractivity contribution in [2.24, 2.45) is 0 Å². The molecule has 0 radical (unpaired) electrons. The summed E-state index contributed by atoms with van der Waals surface area (Å²) in [5.41, 5.74) is 0.457. The molecule has 0 fully saturated rings. The molecule has 1 atom stereocenters. The van der Waals surface area contributed by atoms with Crippen molar-refractivity contribution in [3.63, 3.8) is 0 Å². The molecule has 0 aliphatic carbocycles. The van der Waals surface area contributed by atoms with Crippen LogP contribution in [0.1, 0.15) is 13.8 Å². The van der Waals surface area contributed by atoms with Crippen LogP contribution in [0.3, 0.4) is 0 Å². The van der Waals surface area contributed by atoms with Gasteiger partial charge in [-0.05, 0) is 26.0 Å². The minimum absolute atomic E-state index is 0.119. The van der Waals surface area contributed by atoms with Crippen LogP contribution in [0.4, 0.5) is 0 Å². The molecule has 96 valence electrons. The Labute approximate surface area is 106 Å². The lowest BCUT2D eigenvalue weighted by Gasteiger charge is -2.15. The van der Waals surface area contributed by atoms with Crippen molar-refractivity contribution in [1.29, 1.82) is 0 Å². The summed E-state index contributed by atoms with van der Waals surface area (Å²) in [7, 11) is -3.05. The van der Waals surface area contributed by atoms with Gasteiger partial charge in [0, 0.05) is 10.9 Å². The van der Waals surface area contributed by atoms with Gasteiger partial charge in [-0.1, -0.05) is 18.2 Å². The van der Waals surface area contributed by atoms with E-state index in [-0.39, 0.29) is 10.9 Å². The smallest absolute Gasteiger partial charge is 0.306 e. The third-order valence-corrected chi connectivity index (χ3v) is 7.34. The van der Waals surface area contributed by atoms with Crippen LogP contribution in [0.25, 0.3) is 0 Å². The van der Waals surface area contributed by atoms with E-state index in [1.165, 1.54) is 4.90 Å². The molecule has 1 rings (SSSR count). The largest absolute Gasteiger partial charge is 0.379 e. The van der Waals surface area contributed by atoms with Crippen molar-refractivity contribution in [1.82, 2.24) is 0 Å². The van der Waals surface area contributed by atoms with Crippen LogP contribution in [0.15, 0.2) is 35.2 Å². The zero-order chi connectivity index (χ0) is 12.7. The van der Waals surface area contributed by atoms with Gasteiger partial charge in [-0.3, -0.25) is 4.57 Å². The van der Waals surface area contributed by atoms with E-state index in [1.54, 1.807) is 0 Å². The molecule has 0 N–H and O–H groups in total. The Balaban J connectivity index is 2.71. The third kappa shape index (κ3) is 4.84. The quantitative estimate of drug-likeness (QED) is 0.564. The first-order valence-electron chi connectivity index (χ1n) is 5.67. The summed E-state index contributed by atoms with van der Waals surface area (Å²) in [6.07, 6.45) is 2.07. The van der Waals surface area contributed by atoms with Gasteiger partial charge in [0.25, 0.3) is 0 Å². The SMILES string of the molecule is CCOP(=O)(C[S+](C)c1ccccc1)OCC. The highest BCUT2D eigenvalue weighted by molar-refractivity contribution is 8.01. The standard InChI is InChI=1S/C12H20O3PS/c1-4-14-16(13,15-5-2)11-17(3)12-9-7-6-8-10-12/h6-10H,4-5,11H2,1-3H3/q+1. The van der Waals surface area contributed by atoms with Crippen LogP contribution in [-0.4, -0.2) is 25.0 Å². The molecule has 0 spiro atoms. The van der Waals surface area contributed by atoms with Crippen LogP contribution in [-0.2, 0) is 24.5 Å². The second-order valence-electron chi connectivity index (χ2n) is 3.53. The van der Waals surface area contributed by atoms with Gasteiger partial charge in [0.2, 0.25) is 5.49 Å². The lowest BCUT2D eigenvalue weighted by atomic mass is 10.4. The summed E-state index contributed by atoms with van der Waals surface area (Å²) >= 11 is 0. The lowest BCUT2D eigenvalue weighted by molar-refractivity contribution is 0.224. The number of rotatable bonds is 7. The maximum Gasteiger partial charge on any atom is 0.379 e. The van der Waals surface area contributed by atoms with E-state index in [4.69, 9.17) is 9.05 Å². The Hall–Kier alpha value is -0.280. The molecule has 5 heteroatoms. The van der Waals surface area contributed by atoms with Crippen LogP contribution in [0.2, 0.25) is 0 Å². The molecule has 0 heterocycles. The van der Waals surface area contributed by atoms with Crippen LogP contribution in [0, 0.1) is 0 Å². The summed E-state index contributed by atoms with van der Waals surface area (Å²) in [6.45, 7) is 4.51. The van der Waals surface area contributed by atoms with E-state index >= 15 is 0 Å². The third-order valence-electron chi connectivity index (χ3n) is 2.15. The zero-order valence-electron chi connectivity index (χ0n) is 10.6. The van der Waals surface area contributed by atoms with E-state index in [1.807, 2.05) is 44.2 Å². The first kappa shape index (κ1) is 14.8. The van der Waals surface area contributed by atoms with Gasteiger partial charge in [0.1, 0.15) is 6.26 Å². The van der Waals surface area contributed by atoms with E-state index in [0.717, 1.165) is 0 Å². The molecule has 0 saturated heterocycles. The number of hydrogen-bond donors (Lipinski definition) is 0. The number of hydrogen-bond acceptors (Lipinski definition) is 3. The molecule has 0 amide bonds. The van der Waals surface area contributed by atoms with Crippen molar-refractivity contribution < 1.29 is 13.6 Å². The lowest BCUT2D eigenvalue weighted by Crippen LogP contribution is -2.10. The van der Waals surface area contributed by atoms with Crippen LogP contribution < -0.4 is 0 Å². The van der Waals surface area contributed by atoms with Crippen molar-refractivity contribution in [2.45, 2.75) is 18.7 Å². The highest BCUT2D eigenvalue weighted by Gasteiger charge is 2.33. The van der Waals surface area contributed by atoms with Gasteiger partial charge >= 0.3 is 7.60 Å². The first-order valence-corrected chi connectivity index (χ1v) is 9.20. The predicted molar refractivity (Wildman–Crippen MR) is 73.7 cm³/mol. The normalized spacial score (nSPS) is 13.6. The fourth-order valence-corrected chi connectivity index (χ4v) is 6.04. The van der Waals surface area contributed by atoms with Crippen molar-refractivity contribution in [3.8, 4) is 0 Å². The topological polar surface area (TPSA) is 35.5 Å². The van der Waals surface area contributed by atoms with Crippen LogP contribution >= 0.6 is 7.60 Å². The zero-order valence-corrected chi connectivity index (χ0v) is 12.3. The first-order chi connectivity index (χ1) is 8.11. The predicted octanol–water partition coefficient (Wildman–Crippen LogP) is 3.52. The average Bonchev–Trinajstić information content (AvgIpc) is 2.30. The highest BCUT2D eigenvalue weighted by Crippen LogP contribution is 2.50. The minimum Gasteiger partial charge on any atom is -0.306 e. The average molecular weight is 275 g/mol. The van der Waals surface area contributed by atoms with E-state index < -0.39 is 7.60 Å².